The van der Waals surface area contributed by atoms with Crippen LogP contribution in [-0.2, 0) is 0 Å². The Bertz CT molecular complexity index is 300. The number of aromatic nitrogens is 2. The van der Waals surface area contributed by atoms with Crippen molar-refractivity contribution < 1.29 is 0 Å². The van der Waals surface area contributed by atoms with Gasteiger partial charge in [-0.3, -0.25) is 0 Å². The molecule has 0 bridgehead atoms. The molecule has 1 aliphatic rings. The Morgan fingerprint density at radius 3 is 2.50 bits per heavy atom. The maximum absolute atomic E-state index is 5.95. The van der Waals surface area contributed by atoms with Gasteiger partial charge in [0.05, 0.1) is 12.0 Å². The zero-order valence-corrected chi connectivity index (χ0v) is 7.76. The third-order valence-corrected chi connectivity index (χ3v) is 3.07. The molecule has 3 heteroatoms. The summed E-state index contributed by atoms with van der Waals surface area (Å²) in [6.07, 6.45) is 1.74. The van der Waals surface area contributed by atoms with Crippen LogP contribution < -0.4 is 5.73 Å². The predicted molar refractivity (Wildman–Crippen MR) is 47.8 cm³/mol. The van der Waals surface area contributed by atoms with E-state index in [1.54, 1.807) is 6.33 Å². The summed E-state index contributed by atoms with van der Waals surface area (Å²) in [5.74, 6) is 0.448. The summed E-state index contributed by atoms with van der Waals surface area (Å²) < 4.78 is 0. The molecule has 0 radical (unpaired) electrons. The first-order valence-electron chi connectivity index (χ1n) is 4.30. The van der Waals surface area contributed by atoms with Gasteiger partial charge in [-0.1, -0.05) is 13.8 Å². The molecule has 3 nitrogen and oxygen atoms in total. The summed E-state index contributed by atoms with van der Waals surface area (Å²) >= 11 is 0. The van der Waals surface area contributed by atoms with Gasteiger partial charge < -0.3 is 10.7 Å². The number of nitrogens with one attached hydrogen (secondary N) is 1. The molecule has 0 aliphatic heterocycles. The summed E-state index contributed by atoms with van der Waals surface area (Å²) in [4.78, 5) is 7.37. The fourth-order valence-corrected chi connectivity index (χ4v) is 1.88. The van der Waals surface area contributed by atoms with E-state index in [9.17, 15) is 0 Å². The predicted octanol–water partition coefficient (Wildman–Crippen LogP) is 1.17. The monoisotopic (exact) mass is 165 g/mol. The molecule has 0 saturated heterocycles. The lowest BCUT2D eigenvalue weighted by molar-refractivity contribution is 0.595. The molecule has 3 N–H and O–H groups in total. The fourth-order valence-electron chi connectivity index (χ4n) is 1.88. The van der Waals surface area contributed by atoms with Gasteiger partial charge in [-0.2, -0.15) is 0 Å². The van der Waals surface area contributed by atoms with Crippen molar-refractivity contribution in [1.29, 1.82) is 0 Å². The molecule has 66 valence electrons. The van der Waals surface area contributed by atoms with Crippen LogP contribution in [0, 0.1) is 12.3 Å². The SMILES string of the molecule is Cc1[nH]cnc1[C@@H]1[C@@H](N)C1(C)C. The maximum atomic E-state index is 5.95. The molecule has 12 heavy (non-hydrogen) atoms. The Kier molecular flexibility index (Phi) is 1.37. The van der Waals surface area contributed by atoms with E-state index in [4.69, 9.17) is 5.73 Å². The molecule has 2 rings (SSSR count). The molecule has 2 atom stereocenters. The first-order valence-corrected chi connectivity index (χ1v) is 4.30. The summed E-state index contributed by atoms with van der Waals surface area (Å²) in [6, 6.07) is 0.277. The normalized spacial score (nSPS) is 32.0. The second kappa shape index (κ2) is 2.10. The van der Waals surface area contributed by atoms with Crippen molar-refractivity contribution in [2.75, 3.05) is 0 Å². The Morgan fingerprint density at radius 2 is 2.17 bits per heavy atom. The minimum absolute atomic E-state index is 0.236. The van der Waals surface area contributed by atoms with Crippen LogP contribution in [0.1, 0.15) is 31.2 Å². The Balaban J connectivity index is 2.30. The van der Waals surface area contributed by atoms with E-state index in [2.05, 4.69) is 23.8 Å². The molecule has 0 amide bonds. The molecule has 0 unspecified atom stereocenters. The van der Waals surface area contributed by atoms with Crippen molar-refractivity contribution in [3.05, 3.63) is 17.7 Å². The van der Waals surface area contributed by atoms with Crippen LogP contribution >= 0.6 is 0 Å². The van der Waals surface area contributed by atoms with E-state index >= 15 is 0 Å². The van der Waals surface area contributed by atoms with E-state index in [-0.39, 0.29) is 11.5 Å². The molecule has 1 aliphatic carbocycles. The van der Waals surface area contributed by atoms with Crippen molar-refractivity contribution in [2.45, 2.75) is 32.7 Å². The van der Waals surface area contributed by atoms with E-state index < -0.39 is 0 Å². The first kappa shape index (κ1) is 7.80. The summed E-state index contributed by atoms with van der Waals surface area (Å²) in [5, 5.41) is 0. The quantitative estimate of drug-likeness (QED) is 0.656. The van der Waals surface area contributed by atoms with Gasteiger partial charge in [-0.15, -0.1) is 0 Å². The van der Waals surface area contributed by atoms with Crippen LogP contribution in [0.25, 0.3) is 0 Å². The highest BCUT2D eigenvalue weighted by molar-refractivity contribution is 5.31. The first-order chi connectivity index (χ1) is 5.55. The van der Waals surface area contributed by atoms with E-state index in [0.29, 0.717) is 5.92 Å². The number of rotatable bonds is 1. The molecule has 1 aromatic heterocycles. The number of aryl methyl sites for hydroxylation is 1. The van der Waals surface area contributed by atoms with Gasteiger partial charge in [-0.05, 0) is 12.3 Å². The lowest BCUT2D eigenvalue weighted by Crippen LogP contribution is -2.06. The van der Waals surface area contributed by atoms with Gasteiger partial charge in [0, 0.05) is 17.7 Å². The minimum atomic E-state index is 0.236. The third-order valence-electron chi connectivity index (χ3n) is 3.07. The second-order valence-electron chi connectivity index (χ2n) is 4.24. The second-order valence-corrected chi connectivity index (χ2v) is 4.24. The third kappa shape index (κ3) is 0.829. The largest absolute Gasteiger partial charge is 0.348 e. The summed E-state index contributed by atoms with van der Waals surface area (Å²) in [7, 11) is 0. The number of nitrogens with two attached hydrogens (primary N) is 1. The molecule has 1 saturated carbocycles. The molecular weight excluding hydrogens is 150 g/mol. The highest BCUT2D eigenvalue weighted by Crippen LogP contribution is 2.57. The van der Waals surface area contributed by atoms with Crippen LogP contribution in [0.5, 0.6) is 0 Å². The lowest BCUT2D eigenvalue weighted by atomic mass is 10.1. The van der Waals surface area contributed by atoms with Gasteiger partial charge in [0.2, 0.25) is 0 Å². The zero-order valence-electron chi connectivity index (χ0n) is 7.76. The molecule has 1 aromatic rings. The lowest BCUT2D eigenvalue weighted by Gasteiger charge is -1.99. The summed E-state index contributed by atoms with van der Waals surface area (Å²) in [5.41, 5.74) is 8.49. The van der Waals surface area contributed by atoms with Crippen LogP contribution in [0.3, 0.4) is 0 Å². The minimum Gasteiger partial charge on any atom is -0.348 e. The number of imidazole rings is 1. The van der Waals surface area contributed by atoms with Crippen molar-refractivity contribution in [3.63, 3.8) is 0 Å². The van der Waals surface area contributed by atoms with Crippen molar-refractivity contribution in [1.82, 2.24) is 9.97 Å². The van der Waals surface area contributed by atoms with Crippen LogP contribution in [-0.4, -0.2) is 16.0 Å². The average Bonchev–Trinajstić information content (AvgIpc) is 2.39. The molecule has 0 aromatic carbocycles. The maximum Gasteiger partial charge on any atom is 0.0925 e. The highest BCUT2D eigenvalue weighted by atomic mass is 14.9. The van der Waals surface area contributed by atoms with Crippen molar-refractivity contribution in [2.24, 2.45) is 11.1 Å². The molecule has 1 heterocycles. The smallest absolute Gasteiger partial charge is 0.0925 e. The molecule has 1 fully saturated rings. The van der Waals surface area contributed by atoms with E-state index in [1.807, 2.05) is 6.92 Å². The number of hydrogen-bond donors (Lipinski definition) is 2. The average molecular weight is 165 g/mol. The standard InChI is InChI=1S/C9H15N3/c1-5-7(12-4-11-5)6-8(10)9(6,2)3/h4,6,8H,10H2,1-3H3,(H,11,12)/t6-,8-/m1/s1. The number of hydrogen-bond acceptors (Lipinski definition) is 2. The highest BCUT2D eigenvalue weighted by Gasteiger charge is 2.57. The van der Waals surface area contributed by atoms with Gasteiger partial charge >= 0.3 is 0 Å². The summed E-state index contributed by atoms with van der Waals surface area (Å²) in [6.45, 7) is 6.43. The van der Waals surface area contributed by atoms with Crippen LogP contribution in [0.4, 0.5) is 0 Å². The van der Waals surface area contributed by atoms with E-state index in [1.165, 1.54) is 0 Å². The van der Waals surface area contributed by atoms with Gasteiger partial charge in [0.15, 0.2) is 0 Å². The fraction of sp³-hybridized carbons (Fsp3) is 0.667. The van der Waals surface area contributed by atoms with Crippen LogP contribution in [0.15, 0.2) is 6.33 Å². The van der Waals surface area contributed by atoms with Gasteiger partial charge in [0.1, 0.15) is 0 Å². The Labute approximate surface area is 72.4 Å². The van der Waals surface area contributed by atoms with Crippen molar-refractivity contribution >= 4 is 0 Å². The molecular formula is C9H15N3. The Morgan fingerprint density at radius 1 is 1.58 bits per heavy atom. The van der Waals surface area contributed by atoms with Crippen LogP contribution in [0.2, 0.25) is 0 Å². The number of nitrogens with zero attached hydrogens (tertiary/aromatic N) is 1. The van der Waals surface area contributed by atoms with Gasteiger partial charge in [0.25, 0.3) is 0 Å². The molecule has 0 spiro atoms. The van der Waals surface area contributed by atoms with E-state index in [0.717, 1.165) is 11.4 Å². The zero-order chi connectivity index (χ0) is 8.93. The van der Waals surface area contributed by atoms with Crippen molar-refractivity contribution in [3.8, 4) is 0 Å². The van der Waals surface area contributed by atoms with Gasteiger partial charge in [-0.25, -0.2) is 4.98 Å². The topological polar surface area (TPSA) is 54.7 Å². The number of aromatic amines is 1. The Hall–Kier alpha value is -0.830. The number of H-pyrrole nitrogens is 1.